The van der Waals surface area contributed by atoms with Crippen LogP contribution in [0.25, 0.3) is 33.5 Å². The summed E-state index contributed by atoms with van der Waals surface area (Å²) in [6.45, 7) is 0. The third kappa shape index (κ3) is 3.74. The van der Waals surface area contributed by atoms with Crippen molar-refractivity contribution in [1.29, 1.82) is 0 Å². The number of nitrogen functional groups attached to an aromatic ring is 1. The van der Waals surface area contributed by atoms with E-state index in [2.05, 4.69) is 40.8 Å². The monoisotopic (exact) mass is 457 g/mol. The molecule has 142 valence electrons. The maximum Gasteiger partial charge on any atom is 0.165 e. The predicted octanol–water partition coefficient (Wildman–Crippen LogP) is 3.98. The van der Waals surface area contributed by atoms with Crippen LogP contribution < -0.4 is 10.6 Å². The van der Waals surface area contributed by atoms with E-state index in [1.54, 1.807) is 12.4 Å². The Balaban J connectivity index is 0.00000225. The largest absolute Gasteiger partial charge is 0.383 e. The zero-order valence-electron chi connectivity index (χ0n) is 15.2. The second kappa shape index (κ2) is 8.04. The second-order valence-corrected chi connectivity index (χ2v) is 7.09. The summed E-state index contributed by atoms with van der Waals surface area (Å²) in [7, 11) is 3.84. The molecule has 0 aliphatic rings. The average Bonchev–Trinajstić information content (AvgIpc) is 2.67. The molecule has 0 spiro atoms. The Hall–Kier alpha value is -2.84. The predicted molar refractivity (Wildman–Crippen MR) is 117 cm³/mol. The van der Waals surface area contributed by atoms with Gasteiger partial charge in [-0.3, -0.25) is 0 Å². The molecule has 2 N–H and O–H groups in total. The van der Waals surface area contributed by atoms with Crippen molar-refractivity contribution in [3.05, 3.63) is 53.5 Å². The van der Waals surface area contributed by atoms with Crippen LogP contribution in [-0.4, -0.2) is 39.0 Å². The number of hydrogen-bond acceptors (Lipinski definition) is 7. The SMILES string of the molecule is CN(C)c1cnc(-c2cc(-c3cccc(Br)c3)c3c(N)ncnc3n2)cn1.Cl. The molecule has 0 unspecified atom stereocenters. The van der Waals surface area contributed by atoms with E-state index in [0.29, 0.717) is 22.9 Å². The van der Waals surface area contributed by atoms with Gasteiger partial charge < -0.3 is 10.6 Å². The van der Waals surface area contributed by atoms with Gasteiger partial charge in [0.25, 0.3) is 0 Å². The van der Waals surface area contributed by atoms with Crippen molar-refractivity contribution < 1.29 is 0 Å². The molecule has 1 aromatic carbocycles. The van der Waals surface area contributed by atoms with Crippen molar-refractivity contribution in [2.24, 2.45) is 0 Å². The molecule has 28 heavy (non-hydrogen) atoms. The highest BCUT2D eigenvalue weighted by molar-refractivity contribution is 9.10. The molecular weight excluding hydrogens is 442 g/mol. The van der Waals surface area contributed by atoms with Crippen LogP contribution in [0.15, 0.2) is 53.5 Å². The molecule has 0 aliphatic carbocycles. The van der Waals surface area contributed by atoms with Gasteiger partial charge in [0.2, 0.25) is 0 Å². The Morgan fingerprint density at radius 1 is 0.964 bits per heavy atom. The van der Waals surface area contributed by atoms with Gasteiger partial charge >= 0.3 is 0 Å². The van der Waals surface area contributed by atoms with Crippen LogP contribution >= 0.6 is 28.3 Å². The second-order valence-electron chi connectivity index (χ2n) is 6.18. The van der Waals surface area contributed by atoms with E-state index in [0.717, 1.165) is 26.8 Å². The van der Waals surface area contributed by atoms with Crippen molar-refractivity contribution in [3.8, 4) is 22.5 Å². The van der Waals surface area contributed by atoms with Crippen LogP contribution in [0, 0.1) is 0 Å². The number of fused-ring (bicyclic) bond motifs is 1. The van der Waals surface area contributed by atoms with Crippen LogP contribution in [0.3, 0.4) is 0 Å². The lowest BCUT2D eigenvalue weighted by Crippen LogP contribution is -2.10. The summed E-state index contributed by atoms with van der Waals surface area (Å²) >= 11 is 3.52. The van der Waals surface area contributed by atoms with Gasteiger partial charge in [-0.2, -0.15) is 0 Å². The summed E-state index contributed by atoms with van der Waals surface area (Å²) in [6.07, 6.45) is 4.84. The number of aromatic nitrogens is 5. The first-order chi connectivity index (χ1) is 13.0. The highest BCUT2D eigenvalue weighted by Gasteiger charge is 2.15. The normalized spacial score (nSPS) is 10.5. The first-order valence-electron chi connectivity index (χ1n) is 8.20. The number of pyridine rings is 1. The highest BCUT2D eigenvalue weighted by atomic mass is 79.9. The lowest BCUT2D eigenvalue weighted by atomic mass is 10.0. The summed E-state index contributed by atoms with van der Waals surface area (Å²) in [4.78, 5) is 23.9. The molecule has 3 aromatic heterocycles. The van der Waals surface area contributed by atoms with E-state index >= 15 is 0 Å². The first-order valence-corrected chi connectivity index (χ1v) is 8.99. The van der Waals surface area contributed by atoms with Gasteiger partial charge in [-0.25, -0.2) is 24.9 Å². The van der Waals surface area contributed by atoms with Crippen molar-refractivity contribution in [3.63, 3.8) is 0 Å². The maximum absolute atomic E-state index is 6.14. The fourth-order valence-corrected chi connectivity index (χ4v) is 3.19. The summed E-state index contributed by atoms with van der Waals surface area (Å²) < 4.78 is 0.970. The zero-order valence-corrected chi connectivity index (χ0v) is 17.6. The molecule has 7 nitrogen and oxygen atoms in total. The van der Waals surface area contributed by atoms with Gasteiger partial charge in [0.15, 0.2) is 5.65 Å². The summed E-state index contributed by atoms with van der Waals surface area (Å²) in [6, 6.07) is 9.92. The Kier molecular flexibility index (Phi) is 5.71. The maximum atomic E-state index is 6.14. The Bertz CT molecular complexity index is 1130. The topological polar surface area (TPSA) is 93.7 Å². The minimum atomic E-state index is 0. The lowest BCUT2D eigenvalue weighted by Gasteiger charge is -2.12. The molecule has 4 rings (SSSR count). The van der Waals surface area contributed by atoms with Crippen LogP contribution in [0.4, 0.5) is 11.6 Å². The van der Waals surface area contributed by atoms with Gasteiger partial charge in [0.05, 0.1) is 23.5 Å². The Labute approximate surface area is 176 Å². The van der Waals surface area contributed by atoms with Gasteiger partial charge in [0.1, 0.15) is 23.7 Å². The van der Waals surface area contributed by atoms with Crippen molar-refractivity contribution in [2.45, 2.75) is 0 Å². The molecule has 0 aliphatic heterocycles. The Morgan fingerprint density at radius 3 is 2.46 bits per heavy atom. The van der Waals surface area contributed by atoms with E-state index < -0.39 is 0 Å². The van der Waals surface area contributed by atoms with Crippen LogP contribution in [-0.2, 0) is 0 Å². The fraction of sp³-hybridized carbons (Fsp3) is 0.105. The number of rotatable bonds is 3. The molecule has 0 radical (unpaired) electrons. The van der Waals surface area contributed by atoms with Gasteiger partial charge in [-0.15, -0.1) is 12.4 Å². The van der Waals surface area contributed by atoms with Gasteiger partial charge in [-0.05, 0) is 29.3 Å². The smallest absolute Gasteiger partial charge is 0.165 e. The van der Waals surface area contributed by atoms with Gasteiger partial charge in [-0.1, -0.05) is 28.1 Å². The van der Waals surface area contributed by atoms with E-state index in [4.69, 9.17) is 5.73 Å². The standard InChI is InChI=1S/C19H16BrN7.ClH/c1-27(2)16-9-22-15(8-23-16)14-7-13(11-4-3-5-12(20)6-11)17-18(21)24-10-25-19(17)26-14;/h3-10H,1-2H3,(H2,21,24,25,26);1H. The molecule has 3 heterocycles. The van der Waals surface area contributed by atoms with E-state index in [-0.39, 0.29) is 12.4 Å². The molecule has 4 aromatic rings. The molecule has 0 amide bonds. The van der Waals surface area contributed by atoms with E-state index in [1.807, 2.05) is 49.3 Å². The van der Waals surface area contributed by atoms with E-state index in [1.165, 1.54) is 6.33 Å². The summed E-state index contributed by atoms with van der Waals surface area (Å²) in [5.41, 5.74) is 9.88. The number of hydrogen-bond donors (Lipinski definition) is 1. The minimum absolute atomic E-state index is 0. The summed E-state index contributed by atoms with van der Waals surface area (Å²) in [5.74, 6) is 1.17. The number of nitrogens with zero attached hydrogens (tertiary/aromatic N) is 6. The number of halogens is 2. The lowest BCUT2D eigenvalue weighted by molar-refractivity contribution is 1.04. The molecular formula is C19H17BrClN7. The third-order valence-electron chi connectivity index (χ3n) is 4.13. The Morgan fingerprint density at radius 2 is 1.79 bits per heavy atom. The summed E-state index contributed by atoms with van der Waals surface area (Å²) in [5, 5.41) is 0.720. The van der Waals surface area contributed by atoms with Crippen LogP contribution in [0.5, 0.6) is 0 Å². The minimum Gasteiger partial charge on any atom is -0.383 e. The number of nitrogens with two attached hydrogens (primary N) is 1. The van der Waals surface area contributed by atoms with Crippen molar-refractivity contribution >= 4 is 51.0 Å². The molecule has 0 bridgehead atoms. The molecule has 9 heteroatoms. The van der Waals surface area contributed by atoms with Crippen LogP contribution in [0.1, 0.15) is 0 Å². The third-order valence-corrected chi connectivity index (χ3v) is 4.62. The zero-order chi connectivity index (χ0) is 19.0. The average molecular weight is 459 g/mol. The van der Waals surface area contributed by atoms with Crippen molar-refractivity contribution in [2.75, 3.05) is 24.7 Å². The van der Waals surface area contributed by atoms with E-state index in [9.17, 15) is 0 Å². The van der Waals surface area contributed by atoms with Gasteiger partial charge in [0, 0.05) is 18.6 Å². The first kappa shape index (κ1) is 19.9. The number of benzene rings is 1. The van der Waals surface area contributed by atoms with Crippen LogP contribution in [0.2, 0.25) is 0 Å². The highest BCUT2D eigenvalue weighted by Crippen LogP contribution is 2.34. The van der Waals surface area contributed by atoms with Crippen molar-refractivity contribution in [1.82, 2.24) is 24.9 Å². The fourth-order valence-electron chi connectivity index (χ4n) is 2.79. The molecule has 0 atom stereocenters. The molecule has 0 saturated heterocycles. The molecule has 0 saturated carbocycles. The quantitative estimate of drug-likeness (QED) is 0.496. The molecule has 0 fully saturated rings. The number of anilines is 2.